The molecule has 2 unspecified atom stereocenters. The Morgan fingerprint density at radius 2 is 1.52 bits per heavy atom. The maximum absolute atomic E-state index is 12.7. The van der Waals surface area contributed by atoms with Crippen LogP contribution in [0.4, 0.5) is 0 Å². The number of hydrogen-bond acceptors (Lipinski definition) is 3. The largest absolute Gasteiger partial charge is 0.381 e. The van der Waals surface area contributed by atoms with Crippen LogP contribution < -0.4 is 5.32 Å². The van der Waals surface area contributed by atoms with Crippen LogP contribution in [0, 0.1) is 0 Å². The Hall–Kier alpha value is -2.75. The monoisotopic (exact) mass is 411 g/mol. The molecule has 1 saturated carbocycles. The van der Waals surface area contributed by atoms with Gasteiger partial charge in [0, 0.05) is 43.2 Å². The minimum atomic E-state index is 0.165. The first-order valence-electron chi connectivity index (χ1n) is 11.4. The van der Waals surface area contributed by atoms with Gasteiger partial charge in [0.15, 0.2) is 5.78 Å². The van der Waals surface area contributed by atoms with Crippen LogP contribution in [0.5, 0.6) is 0 Å². The van der Waals surface area contributed by atoms with Crippen molar-refractivity contribution in [1.29, 1.82) is 0 Å². The Bertz CT molecular complexity index is 1010. The van der Waals surface area contributed by atoms with Gasteiger partial charge in [-0.25, -0.2) is 0 Å². The predicted molar refractivity (Wildman–Crippen MR) is 124 cm³/mol. The summed E-state index contributed by atoms with van der Waals surface area (Å²) < 4.78 is 5.45. The Morgan fingerprint density at radius 3 is 2.23 bits per heavy atom. The van der Waals surface area contributed by atoms with Crippen molar-refractivity contribution in [2.24, 2.45) is 0 Å². The van der Waals surface area contributed by atoms with Crippen LogP contribution in [-0.4, -0.2) is 31.1 Å². The molecule has 2 atom stereocenters. The van der Waals surface area contributed by atoms with Gasteiger partial charge in [-0.3, -0.25) is 4.79 Å². The number of ketones is 1. The molecule has 158 valence electrons. The number of rotatable bonds is 7. The van der Waals surface area contributed by atoms with Crippen molar-refractivity contribution in [3.8, 4) is 11.1 Å². The second-order valence-corrected chi connectivity index (χ2v) is 8.79. The molecule has 1 aliphatic carbocycles. The number of Topliss-reactive ketones (excluding diaryl/α,β-unsaturated/α-hetero) is 1. The summed E-state index contributed by atoms with van der Waals surface area (Å²) in [6.45, 7) is 1.76. The molecule has 1 N–H and O–H groups in total. The van der Waals surface area contributed by atoms with Crippen LogP contribution in [0.3, 0.4) is 0 Å². The van der Waals surface area contributed by atoms with E-state index < -0.39 is 0 Å². The molecular weight excluding hydrogens is 382 g/mol. The van der Waals surface area contributed by atoms with Crippen molar-refractivity contribution < 1.29 is 9.53 Å². The van der Waals surface area contributed by atoms with E-state index in [0.29, 0.717) is 24.4 Å². The van der Waals surface area contributed by atoms with E-state index in [1.54, 1.807) is 0 Å². The Balaban J connectivity index is 1.16. The highest BCUT2D eigenvalue weighted by Gasteiger charge is 2.39. The third-order valence-corrected chi connectivity index (χ3v) is 6.55. The molecular formula is C28H29NO2. The molecule has 3 aromatic rings. The van der Waals surface area contributed by atoms with E-state index in [1.165, 1.54) is 17.5 Å². The molecule has 0 radical (unpaired) electrons. The van der Waals surface area contributed by atoms with E-state index in [2.05, 4.69) is 41.7 Å². The van der Waals surface area contributed by atoms with E-state index in [1.807, 2.05) is 42.5 Å². The van der Waals surface area contributed by atoms with Gasteiger partial charge < -0.3 is 10.1 Å². The lowest BCUT2D eigenvalue weighted by atomic mass is 9.98. The van der Waals surface area contributed by atoms with Gasteiger partial charge >= 0.3 is 0 Å². The Labute approximate surface area is 184 Å². The summed E-state index contributed by atoms with van der Waals surface area (Å²) in [5.41, 5.74) is 5.53. The maximum atomic E-state index is 12.7. The molecule has 2 aliphatic rings. The normalized spacial score (nSPS) is 21.0. The van der Waals surface area contributed by atoms with Gasteiger partial charge in [0.25, 0.3) is 0 Å². The first-order chi connectivity index (χ1) is 15.3. The molecule has 0 spiro atoms. The van der Waals surface area contributed by atoms with Crippen LogP contribution in [0.15, 0.2) is 78.9 Å². The number of hydrogen-bond donors (Lipinski definition) is 1. The van der Waals surface area contributed by atoms with Crippen LogP contribution in [0.2, 0.25) is 0 Å². The van der Waals surface area contributed by atoms with Crippen molar-refractivity contribution in [3.63, 3.8) is 0 Å². The zero-order valence-electron chi connectivity index (χ0n) is 17.8. The van der Waals surface area contributed by atoms with Crippen molar-refractivity contribution in [1.82, 2.24) is 5.32 Å². The first kappa shape index (κ1) is 20.2. The molecule has 3 nitrogen and oxygen atoms in total. The second-order valence-electron chi connectivity index (χ2n) is 8.79. The van der Waals surface area contributed by atoms with Crippen molar-refractivity contribution >= 4 is 5.78 Å². The molecule has 2 fully saturated rings. The number of carbonyl (C=O) groups excluding carboxylic acids is 1. The summed E-state index contributed by atoms with van der Waals surface area (Å²) in [5, 5.41) is 3.79. The molecule has 0 aromatic heterocycles. The van der Waals surface area contributed by atoms with Gasteiger partial charge in [0.2, 0.25) is 0 Å². The molecule has 31 heavy (non-hydrogen) atoms. The molecule has 3 heteroatoms. The van der Waals surface area contributed by atoms with E-state index >= 15 is 0 Å². The predicted octanol–water partition coefficient (Wildman–Crippen LogP) is 5.40. The van der Waals surface area contributed by atoms with E-state index in [0.717, 1.165) is 42.7 Å². The summed E-state index contributed by atoms with van der Waals surface area (Å²) in [6.07, 6.45) is 3.90. The lowest BCUT2D eigenvalue weighted by molar-refractivity contribution is 0.0774. The average Bonchev–Trinajstić information content (AvgIpc) is 3.60. The topological polar surface area (TPSA) is 38.3 Å². The van der Waals surface area contributed by atoms with Gasteiger partial charge in [0.1, 0.15) is 0 Å². The summed E-state index contributed by atoms with van der Waals surface area (Å²) in [6, 6.07) is 28.0. The smallest absolute Gasteiger partial charge is 0.167 e. The first-order valence-corrected chi connectivity index (χ1v) is 11.4. The lowest BCUT2D eigenvalue weighted by Crippen LogP contribution is -2.36. The fraction of sp³-hybridized carbons (Fsp3) is 0.321. The summed E-state index contributed by atoms with van der Waals surface area (Å²) in [4.78, 5) is 12.7. The fourth-order valence-corrected chi connectivity index (χ4v) is 4.56. The van der Waals surface area contributed by atoms with Crippen LogP contribution in [-0.2, 0) is 11.2 Å². The minimum Gasteiger partial charge on any atom is -0.381 e. The van der Waals surface area contributed by atoms with Gasteiger partial charge in [-0.15, -0.1) is 0 Å². The standard InChI is InChI=1S/C28H29NO2/c30-28(24-12-10-22(11-13-24)21-4-2-1-3-5-21)18-20-6-8-23(9-7-20)26-19-27(26)29-25-14-16-31-17-15-25/h1-13,25-27,29H,14-19H2. The highest BCUT2D eigenvalue weighted by atomic mass is 16.5. The maximum Gasteiger partial charge on any atom is 0.167 e. The van der Waals surface area contributed by atoms with Gasteiger partial charge in [0.05, 0.1) is 0 Å². The van der Waals surface area contributed by atoms with E-state index in [-0.39, 0.29) is 5.78 Å². The molecule has 1 heterocycles. The quantitative estimate of drug-likeness (QED) is 0.529. The van der Waals surface area contributed by atoms with Crippen molar-refractivity contribution in [3.05, 3.63) is 95.6 Å². The summed E-state index contributed by atoms with van der Waals surface area (Å²) >= 11 is 0. The lowest BCUT2D eigenvalue weighted by Gasteiger charge is -2.23. The van der Waals surface area contributed by atoms with Gasteiger partial charge in [-0.2, -0.15) is 0 Å². The highest BCUT2D eigenvalue weighted by molar-refractivity contribution is 5.97. The van der Waals surface area contributed by atoms with Gasteiger partial charge in [-0.05, 0) is 41.5 Å². The molecule has 5 rings (SSSR count). The highest BCUT2D eigenvalue weighted by Crippen LogP contribution is 2.41. The van der Waals surface area contributed by atoms with Crippen LogP contribution in [0.1, 0.15) is 46.7 Å². The van der Waals surface area contributed by atoms with Crippen LogP contribution in [0.25, 0.3) is 11.1 Å². The average molecular weight is 412 g/mol. The Kier molecular flexibility index (Phi) is 5.97. The summed E-state index contributed by atoms with van der Waals surface area (Å²) in [5.74, 6) is 0.774. The third kappa shape index (κ3) is 4.95. The van der Waals surface area contributed by atoms with Gasteiger partial charge in [-0.1, -0.05) is 78.9 Å². The SMILES string of the molecule is O=C(Cc1ccc(C2CC2NC2CCOCC2)cc1)c1ccc(-c2ccccc2)cc1. The number of benzene rings is 3. The third-order valence-electron chi connectivity index (χ3n) is 6.55. The second kappa shape index (κ2) is 9.17. The molecule has 0 bridgehead atoms. The molecule has 1 saturated heterocycles. The van der Waals surface area contributed by atoms with E-state index in [9.17, 15) is 4.79 Å². The molecule has 1 aliphatic heterocycles. The number of ether oxygens (including phenoxy) is 1. The molecule has 3 aromatic carbocycles. The summed E-state index contributed by atoms with van der Waals surface area (Å²) in [7, 11) is 0. The minimum absolute atomic E-state index is 0.165. The van der Waals surface area contributed by atoms with Crippen LogP contribution >= 0.6 is 0 Å². The van der Waals surface area contributed by atoms with Crippen molar-refractivity contribution in [2.75, 3.05) is 13.2 Å². The number of nitrogens with one attached hydrogen (secondary N) is 1. The van der Waals surface area contributed by atoms with E-state index in [4.69, 9.17) is 4.74 Å². The zero-order valence-corrected chi connectivity index (χ0v) is 17.8. The number of carbonyl (C=O) groups is 1. The van der Waals surface area contributed by atoms with Crippen molar-refractivity contribution in [2.45, 2.75) is 43.7 Å². The molecule has 0 amide bonds. The fourth-order valence-electron chi connectivity index (χ4n) is 4.56. The zero-order chi connectivity index (χ0) is 21.0. The Morgan fingerprint density at radius 1 is 0.839 bits per heavy atom.